The van der Waals surface area contributed by atoms with E-state index in [2.05, 4.69) is 12.0 Å². The maximum absolute atomic E-state index is 12.7. The van der Waals surface area contributed by atoms with Gasteiger partial charge in [-0.05, 0) is 49.2 Å². The van der Waals surface area contributed by atoms with Crippen LogP contribution in [0, 0.1) is 0 Å². The van der Waals surface area contributed by atoms with Gasteiger partial charge in [-0.1, -0.05) is 89.8 Å². The van der Waals surface area contributed by atoms with Crippen LogP contribution in [0.3, 0.4) is 0 Å². The fourth-order valence-corrected chi connectivity index (χ4v) is 4.85. The zero-order chi connectivity index (χ0) is 22.9. The Morgan fingerprint density at radius 3 is 1.94 bits per heavy atom. The van der Waals surface area contributed by atoms with E-state index < -0.39 is 7.95 Å². The Morgan fingerprint density at radius 1 is 0.750 bits per heavy atom. The maximum Gasteiger partial charge on any atom is 0.197 e. The summed E-state index contributed by atoms with van der Waals surface area (Å²) in [6.07, 6.45) is 13.9. The third-order valence-corrected chi connectivity index (χ3v) is 7.22. The molecule has 2 atom stereocenters. The van der Waals surface area contributed by atoms with Crippen molar-refractivity contribution in [3.8, 4) is 11.5 Å². The molecule has 0 heterocycles. The van der Waals surface area contributed by atoms with Crippen LogP contribution in [0.1, 0.15) is 84.5 Å². The zero-order valence-electron chi connectivity index (χ0n) is 20.0. The van der Waals surface area contributed by atoms with E-state index in [1.807, 2.05) is 61.5 Å². The molecule has 0 saturated heterocycles. The van der Waals surface area contributed by atoms with Crippen LogP contribution in [-0.4, -0.2) is 12.5 Å². The van der Waals surface area contributed by atoms with E-state index in [4.69, 9.17) is 9.47 Å². The lowest BCUT2D eigenvalue weighted by atomic mass is 10.1. The van der Waals surface area contributed by atoms with E-state index >= 15 is 0 Å². The lowest BCUT2D eigenvalue weighted by Gasteiger charge is -2.18. The van der Waals surface area contributed by atoms with Crippen LogP contribution in [0.4, 0.5) is 5.69 Å². The van der Waals surface area contributed by atoms with Gasteiger partial charge >= 0.3 is 0 Å². The molecule has 32 heavy (non-hydrogen) atoms. The highest BCUT2D eigenvalue weighted by Gasteiger charge is 2.16. The zero-order valence-corrected chi connectivity index (χ0v) is 21.0. The van der Waals surface area contributed by atoms with Crippen LogP contribution in [-0.2, 0) is 4.57 Å². The summed E-state index contributed by atoms with van der Waals surface area (Å²) in [5, 5.41) is 3.12. The van der Waals surface area contributed by atoms with Crippen molar-refractivity contribution in [1.29, 1.82) is 0 Å². The summed E-state index contributed by atoms with van der Waals surface area (Å²) in [7, 11) is -2.14. The molecule has 0 saturated carbocycles. The number of rotatable bonds is 18. The third-order valence-electron chi connectivity index (χ3n) is 5.57. The quantitative estimate of drug-likeness (QED) is 0.179. The van der Waals surface area contributed by atoms with Crippen LogP contribution in [0.25, 0.3) is 0 Å². The Labute approximate surface area is 196 Å². The summed E-state index contributed by atoms with van der Waals surface area (Å²) in [6.45, 7) is 5.01. The van der Waals surface area contributed by atoms with Gasteiger partial charge in [-0.3, -0.25) is 4.57 Å². The topological polar surface area (TPSA) is 47.6 Å². The third kappa shape index (κ3) is 11.1. The number of para-hydroxylation sites is 1. The van der Waals surface area contributed by atoms with Gasteiger partial charge < -0.3 is 14.6 Å². The molecule has 178 valence electrons. The molecule has 1 N–H and O–H groups in total. The minimum atomic E-state index is -2.14. The second-order valence-corrected chi connectivity index (χ2v) is 9.99. The van der Waals surface area contributed by atoms with Crippen molar-refractivity contribution in [2.75, 3.05) is 11.7 Å². The van der Waals surface area contributed by atoms with Crippen LogP contribution < -0.4 is 14.6 Å². The Balaban J connectivity index is 1.59. The van der Waals surface area contributed by atoms with Gasteiger partial charge in [0.05, 0.1) is 6.61 Å². The van der Waals surface area contributed by atoms with Crippen LogP contribution in [0.5, 0.6) is 11.5 Å². The molecule has 2 rings (SSSR count). The molecule has 0 aliphatic rings. The molecular weight excluding hydrogens is 417 g/mol. The SMILES string of the molecule is CCCCCCCCCCCCOc1ccc(N[PH](=O)C(CC)Oc2ccccc2)cc1. The van der Waals surface area contributed by atoms with Gasteiger partial charge in [0.2, 0.25) is 0 Å². The van der Waals surface area contributed by atoms with Crippen molar-refractivity contribution in [3.63, 3.8) is 0 Å². The number of ether oxygens (including phenoxy) is 2. The first-order valence-electron chi connectivity index (χ1n) is 12.5. The number of hydrogen-bond donors (Lipinski definition) is 1. The molecule has 0 aliphatic carbocycles. The van der Waals surface area contributed by atoms with Crippen molar-refractivity contribution in [1.82, 2.24) is 0 Å². The average Bonchev–Trinajstić information content (AvgIpc) is 2.82. The minimum Gasteiger partial charge on any atom is -0.494 e. The molecule has 0 aliphatic heterocycles. The van der Waals surface area contributed by atoms with Crippen molar-refractivity contribution in [2.24, 2.45) is 0 Å². The van der Waals surface area contributed by atoms with E-state index in [0.29, 0.717) is 6.42 Å². The van der Waals surface area contributed by atoms with E-state index in [-0.39, 0.29) is 5.85 Å². The van der Waals surface area contributed by atoms with Crippen molar-refractivity contribution in [2.45, 2.75) is 90.3 Å². The predicted octanol–water partition coefficient (Wildman–Crippen LogP) is 8.69. The molecule has 0 amide bonds. The second-order valence-electron chi connectivity index (χ2n) is 8.37. The first kappa shape index (κ1) is 26.3. The lowest BCUT2D eigenvalue weighted by Crippen LogP contribution is -2.13. The van der Waals surface area contributed by atoms with Gasteiger partial charge in [0.1, 0.15) is 11.5 Å². The highest BCUT2D eigenvalue weighted by Crippen LogP contribution is 2.34. The Kier molecular flexibility index (Phi) is 13.7. The molecule has 4 nitrogen and oxygen atoms in total. The highest BCUT2D eigenvalue weighted by molar-refractivity contribution is 7.47. The largest absolute Gasteiger partial charge is 0.494 e. The van der Waals surface area contributed by atoms with Gasteiger partial charge in [0.25, 0.3) is 0 Å². The fraction of sp³-hybridized carbons (Fsp3) is 0.556. The summed E-state index contributed by atoms with van der Waals surface area (Å²) in [6, 6.07) is 17.3. The average molecular weight is 460 g/mol. The summed E-state index contributed by atoms with van der Waals surface area (Å²) < 4.78 is 24.5. The first-order chi connectivity index (χ1) is 15.7. The molecule has 0 spiro atoms. The van der Waals surface area contributed by atoms with Gasteiger partial charge in [-0.25, -0.2) is 0 Å². The van der Waals surface area contributed by atoms with Gasteiger partial charge in [0.15, 0.2) is 13.8 Å². The van der Waals surface area contributed by atoms with E-state index in [9.17, 15) is 4.57 Å². The van der Waals surface area contributed by atoms with E-state index in [1.165, 1.54) is 57.8 Å². The van der Waals surface area contributed by atoms with Crippen molar-refractivity contribution < 1.29 is 14.0 Å². The molecule has 0 bridgehead atoms. The summed E-state index contributed by atoms with van der Waals surface area (Å²) in [5.41, 5.74) is 0.829. The number of nitrogens with one attached hydrogen (secondary N) is 1. The fourth-order valence-electron chi connectivity index (χ4n) is 3.62. The smallest absolute Gasteiger partial charge is 0.197 e. The lowest BCUT2D eigenvalue weighted by molar-refractivity contribution is 0.273. The molecule has 0 fully saturated rings. The Bertz CT molecular complexity index is 736. The van der Waals surface area contributed by atoms with Crippen molar-refractivity contribution in [3.05, 3.63) is 54.6 Å². The maximum atomic E-state index is 12.7. The van der Waals surface area contributed by atoms with E-state index in [1.54, 1.807) is 0 Å². The Morgan fingerprint density at radius 2 is 1.34 bits per heavy atom. The summed E-state index contributed by atoms with van der Waals surface area (Å²) in [5.74, 6) is 1.27. The van der Waals surface area contributed by atoms with Gasteiger partial charge in [0, 0.05) is 5.69 Å². The van der Waals surface area contributed by atoms with Crippen molar-refractivity contribution >= 4 is 13.6 Å². The van der Waals surface area contributed by atoms with Gasteiger partial charge in [-0.15, -0.1) is 0 Å². The molecular formula is C27H42NO3P. The Hall–Kier alpha value is -1.93. The first-order valence-corrected chi connectivity index (χ1v) is 14.0. The number of unbranched alkanes of at least 4 members (excludes halogenated alkanes) is 9. The van der Waals surface area contributed by atoms with E-state index in [0.717, 1.165) is 30.2 Å². The summed E-state index contributed by atoms with van der Waals surface area (Å²) >= 11 is 0. The van der Waals surface area contributed by atoms with Crippen LogP contribution in [0.2, 0.25) is 0 Å². The standard InChI is InChI=1S/C27H42NO3P/c1-3-5-6-7-8-9-10-11-12-16-23-30-25-21-19-24(20-22-25)28-32(29)27(4-2)31-26-17-14-13-15-18-26/h13-15,17-22,27,32H,3-12,16,23H2,1-2H3,(H,28,29). The normalized spacial score (nSPS) is 12.8. The monoisotopic (exact) mass is 459 g/mol. The predicted molar refractivity (Wildman–Crippen MR) is 138 cm³/mol. The number of hydrogen-bond acceptors (Lipinski definition) is 3. The molecule has 0 radical (unpaired) electrons. The minimum absolute atomic E-state index is 0.338. The van der Waals surface area contributed by atoms with Gasteiger partial charge in [-0.2, -0.15) is 0 Å². The number of anilines is 1. The summed E-state index contributed by atoms with van der Waals surface area (Å²) in [4.78, 5) is 0. The second kappa shape index (κ2) is 16.7. The molecule has 5 heteroatoms. The number of benzene rings is 2. The highest BCUT2D eigenvalue weighted by atomic mass is 31.1. The molecule has 2 unspecified atom stereocenters. The molecule has 0 aromatic heterocycles. The molecule has 2 aromatic rings. The molecule has 2 aromatic carbocycles. The van der Waals surface area contributed by atoms with Crippen LogP contribution >= 0.6 is 7.95 Å². The van der Waals surface area contributed by atoms with Crippen LogP contribution in [0.15, 0.2) is 54.6 Å².